The zero-order chi connectivity index (χ0) is 13.6. The van der Waals surface area contributed by atoms with Crippen LogP contribution in [0.2, 0.25) is 0 Å². The third-order valence-electron chi connectivity index (χ3n) is 3.45. The van der Waals surface area contributed by atoms with Crippen molar-refractivity contribution >= 4 is 5.78 Å². The Morgan fingerprint density at radius 2 is 2.11 bits per heavy atom. The van der Waals surface area contributed by atoms with Crippen molar-refractivity contribution in [1.29, 1.82) is 0 Å². The lowest BCUT2D eigenvalue weighted by Gasteiger charge is -2.16. The number of aliphatic hydroxyl groups is 1. The molecule has 2 atom stereocenters. The standard InChI is InChI=1S/C13H13F3O2/c1-2-10(17)12(7-11(12)18)8-4-3-5-9(6-8)13(14,15)16/h3-6,11,18H,2,7H2,1H3. The molecule has 1 aliphatic carbocycles. The van der Waals surface area contributed by atoms with Crippen molar-refractivity contribution in [3.63, 3.8) is 0 Å². The zero-order valence-corrected chi connectivity index (χ0v) is 9.79. The zero-order valence-electron chi connectivity index (χ0n) is 9.79. The van der Waals surface area contributed by atoms with Crippen molar-refractivity contribution < 1.29 is 23.1 Å². The Labute approximate surface area is 102 Å². The van der Waals surface area contributed by atoms with E-state index in [1.54, 1.807) is 6.92 Å². The number of aliphatic hydroxyl groups excluding tert-OH is 1. The number of benzene rings is 1. The third kappa shape index (κ3) is 1.92. The van der Waals surface area contributed by atoms with Gasteiger partial charge in [-0.15, -0.1) is 0 Å². The summed E-state index contributed by atoms with van der Waals surface area (Å²) in [6.45, 7) is 1.64. The predicted octanol–water partition coefficient (Wildman–Crippen LogP) is 2.69. The first kappa shape index (κ1) is 13.1. The maximum absolute atomic E-state index is 12.6. The molecule has 1 fully saturated rings. The molecule has 0 amide bonds. The van der Waals surface area contributed by atoms with Crippen LogP contribution < -0.4 is 0 Å². The molecule has 0 spiro atoms. The molecule has 0 aliphatic heterocycles. The molecule has 0 bridgehead atoms. The van der Waals surface area contributed by atoms with Crippen LogP contribution in [0.4, 0.5) is 13.2 Å². The topological polar surface area (TPSA) is 37.3 Å². The maximum Gasteiger partial charge on any atom is 0.416 e. The smallest absolute Gasteiger partial charge is 0.392 e. The van der Waals surface area contributed by atoms with Crippen molar-refractivity contribution in [1.82, 2.24) is 0 Å². The summed E-state index contributed by atoms with van der Waals surface area (Å²) in [5, 5.41) is 9.62. The number of carbonyl (C=O) groups is 1. The molecule has 0 aromatic heterocycles. The minimum atomic E-state index is -4.44. The first-order valence-corrected chi connectivity index (χ1v) is 5.71. The minimum absolute atomic E-state index is 0.202. The first-order chi connectivity index (χ1) is 8.32. The van der Waals surface area contributed by atoms with E-state index < -0.39 is 23.3 Å². The van der Waals surface area contributed by atoms with Crippen molar-refractivity contribution in [2.24, 2.45) is 0 Å². The Bertz CT molecular complexity index is 481. The summed E-state index contributed by atoms with van der Waals surface area (Å²) in [5.74, 6) is -0.214. The minimum Gasteiger partial charge on any atom is -0.392 e. The molecular formula is C13H13F3O2. The molecular weight excluding hydrogens is 245 g/mol. The fraction of sp³-hybridized carbons (Fsp3) is 0.462. The van der Waals surface area contributed by atoms with E-state index in [1.807, 2.05) is 0 Å². The molecule has 18 heavy (non-hydrogen) atoms. The molecule has 2 nitrogen and oxygen atoms in total. The number of hydrogen-bond donors (Lipinski definition) is 1. The number of hydrogen-bond acceptors (Lipinski definition) is 2. The molecule has 0 heterocycles. The van der Waals surface area contributed by atoms with Gasteiger partial charge in [-0.3, -0.25) is 4.79 Å². The molecule has 1 aromatic carbocycles. The van der Waals surface area contributed by atoms with Gasteiger partial charge in [0.05, 0.1) is 17.1 Å². The van der Waals surface area contributed by atoms with Crippen LogP contribution in [0.25, 0.3) is 0 Å². The van der Waals surface area contributed by atoms with E-state index in [4.69, 9.17) is 0 Å². The number of rotatable bonds is 3. The van der Waals surface area contributed by atoms with E-state index in [9.17, 15) is 23.1 Å². The summed E-state index contributed by atoms with van der Waals surface area (Å²) in [6.07, 6.45) is -4.89. The van der Waals surface area contributed by atoms with Gasteiger partial charge in [-0.25, -0.2) is 0 Å². The molecule has 1 N–H and O–H groups in total. The fourth-order valence-electron chi connectivity index (χ4n) is 2.31. The summed E-state index contributed by atoms with van der Waals surface area (Å²) in [6, 6.07) is 4.67. The highest BCUT2D eigenvalue weighted by Gasteiger charge is 2.59. The molecule has 1 aliphatic rings. The van der Waals surface area contributed by atoms with Crippen molar-refractivity contribution in [2.75, 3.05) is 0 Å². The van der Waals surface area contributed by atoms with Crippen LogP contribution in [-0.4, -0.2) is 17.0 Å². The first-order valence-electron chi connectivity index (χ1n) is 5.71. The molecule has 98 valence electrons. The molecule has 1 aromatic rings. The summed E-state index contributed by atoms with van der Waals surface area (Å²) >= 11 is 0. The summed E-state index contributed by atoms with van der Waals surface area (Å²) in [5.41, 5.74) is -1.64. The second kappa shape index (κ2) is 4.09. The van der Waals surface area contributed by atoms with Crippen LogP contribution in [0.5, 0.6) is 0 Å². The Balaban J connectivity index is 2.43. The number of halogens is 3. The molecule has 0 radical (unpaired) electrons. The van der Waals surface area contributed by atoms with Gasteiger partial charge in [0, 0.05) is 6.42 Å². The Morgan fingerprint density at radius 3 is 2.56 bits per heavy atom. The van der Waals surface area contributed by atoms with E-state index >= 15 is 0 Å². The SMILES string of the molecule is CCC(=O)C1(c2cccc(C(F)(F)F)c2)CC1O. The van der Waals surface area contributed by atoms with E-state index in [-0.39, 0.29) is 24.2 Å². The van der Waals surface area contributed by atoms with Gasteiger partial charge < -0.3 is 5.11 Å². The predicted molar refractivity (Wildman–Crippen MR) is 59.0 cm³/mol. The average molecular weight is 258 g/mol. The van der Waals surface area contributed by atoms with Gasteiger partial charge in [-0.2, -0.15) is 13.2 Å². The van der Waals surface area contributed by atoms with Crippen molar-refractivity contribution in [3.8, 4) is 0 Å². The normalized spacial score (nSPS) is 27.1. The van der Waals surface area contributed by atoms with Crippen LogP contribution in [0.15, 0.2) is 24.3 Å². The largest absolute Gasteiger partial charge is 0.416 e. The second-order valence-corrected chi connectivity index (χ2v) is 4.55. The third-order valence-corrected chi connectivity index (χ3v) is 3.45. The molecule has 2 unspecified atom stereocenters. The lowest BCUT2D eigenvalue weighted by Crippen LogP contribution is -2.24. The Kier molecular flexibility index (Phi) is 2.97. The fourth-order valence-corrected chi connectivity index (χ4v) is 2.31. The molecule has 5 heteroatoms. The maximum atomic E-state index is 12.6. The van der Waals surface area contributed by atoms with Gasteiger partial charge >= 0.3 is 6.18 Å². The summed E-state index contributed by atoms with van der Waals surface area (Å²) in [4.78, 5) is 11.8. The number of carbonyl (C=O) groups excluding carboxylic acids is 1. The number of alkyl halides is 3. The Morgan fingerprint density at radius 1 is 1.50 bits per heavy atom. The summed E-state index contributed by atoms with van der Waals surface area (Å²) in [7, 11) is 0. The monoisotopic (exact) mass is 258 g/mol. The molecule has 0 saturated heterocycles. The van der Waals surface area contributed by atoms with Crippen molar-refractivity contribution in [3.05, 3.63) is 35.4 Å². The van der Waals surface area contributed by atoms with Crippen LogP contribution in [0.3, 0.4) is 0 Å². The van der Waals surface area contributed by atoms with Crippen LogP contribution in [0.1, 0.15) is 30.9 Å². The molecule has 2 rings (SSSR count). The van der Waals surface area contributed by atoms with Crippen LogP contribution in [-0.2, 0) is 16.4 Å². The van der Waals surface area contributed by atoms with Crippen LogP contribution in [0, 0.1) is 0 Å². The second-order valence-electron chi connectivity index (χ2n) is 4.55. The van der Waals surface area contributed by atoms with E-state index in [0.717, 1.165) is 12.1 Å². The average Bonchev–Trinajstić information content (AvgIpc) is 3.00. The van der Waals surface area contributed by atoms with Crippen molar-refractivity contribution in [2.45, 2.75) is 37.5 Å². The van der Waals surface area contributed by atoms with E-state index in [1.165, 1.54) is 12.1 Å². The van der Waals surface area contributed by atoms with Gasteiger partial charge in [-0.1, -0.05) is 25.1 Å². The van der Waals surface area contributed by atoms with Gasteiger partial charge in [0.2, 0.25) is 0 Å². The van der Waals surface area contributed by atoms with Gasteiger partial charge in [0.15, 0.2) is 0 Å². The van der Waals surface area contributed by atoms with E-state index in [0.29, 0.717) is 0 Å². The van der Waals surface area contributed by atoms with Gasteiger partial charge in [0.25, 0.3) is 0 Å². The highest BCUT2D eigenvalue weighted by atomic mass is 19.4. The Hall–Kier alpha value is -1.36. The lowest BCUT2D eigenvalue weighted by molar-refractivity contribution is -0.137. The summed E-state index contributed by atoms with van der Waals surface area (Å²) < 4.78 is 37.8. The highest BCUT2D eigenvalue weighted by Crippen LogP contribution is 2.50. The highest BCUT2D eigenvalue weighted by molar-refractivity contribution is 5.94. The van der Waals surface area contributed by atoms with Gasteiger partial charge in [0.1, 0.15) is 5.78 Å². The number of ketones is 1. The van der Waals surface area contributed by atoms with Crippen LogP contribution >= 0.6 is 0 Å². The number of Topliss-reactive ketones (excluding diaryl/α,β-unsaturated/α-hetero) is 1. The molecule has 1 saturated carbocycles. The lowest BCUT2D eigenvalue weighted by atomic mass is 9.88. The van der Waals surface area contributed by atoms with E-state index in [2.05, 4.69) is 0 Å². The van der Waals surface area contributed by atoms with Gasteiger partial charge in [-0.05, 0) is 18.1 Å². The quantitative estimate of drug-likeness (QED) is 0.905.